The van der Waals surface area contributed by atoms with E-state index in [1.807, 2.05) is 12.1 Å². The van der Waals surface area contributed by atoms with Gasteiger partial charge in [0.15, 0.2) is 0 Å². The van der Waals surface area contributed by atoms with Gasteiger partial charge in [0, 0.05) is 30.9 Å². The zero-order valence-corrected chi connectivity index (χ0v) is 19.1. The first kappa shape index (κ1) is 22.0. The third-order valence-corrected chi connectivity index (χ3v) is 7.32. The highest BCUT2D eigenvalue weighted by molar-refractivity contribution is 5.76. The molecule has 0 bridgehead atoms. The van der Waals surface area contributed by atoms with Crippen LogP contribution in [0, 0.1) is 5.92 Å². The molecule has 31 heavy (non-hydrogen) atoms. The number of nitrogens with zero attached hydrogens (tertiary/aromatic N) is 2. The predicted molar refractivity (Wildman–Crippen MR) is 125 cm³/mol. The van der Waals surface area contributed by atoms with Crippen molar-refractivity contribution in [3.63, 3.8) is 0 Å². The second-order valence-corrected chi connectivity index (χ2v) is 9.48. The number of aromatic nitrogens is 1. The van der Waals surface area contributed by atoms with E-state index in [1.165, 1.54) is 56.2 Å². The van der Waals surface area contributed by atoms with Crippen molar-refractivity contribution in [1.82, 2.24) is 9.47 Å². The highest BCUT2D eigenvalue weighted by atomic mass is 16.5. The van der Waals surface area contributed by atoms with Gasteiger partial charge in [-0.15, -0.1) is 0 Å². The fraction of sp³-hybridized carbons (Fsp3) is 0.593. The number of benzene rings is 1. The Kier molecular flexibility index (Phi) is 7.71. The Labute approximate surface area is 187 Å². The van der Waals surface area contributed by atoms with E-state index in [1.54, 1.807) is 7.11 Å². The number of ether oxygens (including phenoxy) is 1. The second-order valence-electron chi connectivity index (χ2n) is 9.48. The number of hydrogen-bond acceptors (Lipinski definition) is 2. The fourth-order valence-corrected chi connectivity index (χ4v) is 5.47. The fourth-order valence-electron chi connectivity index (χ4n) is 5.47. The van der Waals surface area contributed by atoms with Gasteiger partial charge in [-0.2, -0.15) is 0 Å². The first-order valence-electron chi connectivity index (χ1n) is 12.3. The molecule has 1 aromatic heterocycles. The quantitative estimate of drug-likeness (QED) is 0.484. The molecular formula is C27H38N2O2. The van der Waals surface area contributed by atoms with Gasteiger partial charge < -0.3 is 14.2 Å². The Hall–Kier alpha value is -2.23. The van der Waals surface area contributed by atoms with E-state index >= 15 is 0 Å². The standard InChI is InChI=1S/C27H38N2O2/c1-31-26-15-7-11-23(19-26)20-28-18-8-14-25(28)21-29(24-12-3-2-4-13-24)27(30)17-16-22-9-5-6-10-22/h7-8,11,14-15,18-19,22,24H,2-6,9-10,12-13,16-17,20-21H2,1H3. The van der Waals surface area contributed by atoms with Crippen LogP contribution in [0.3, 0.4) is 0 Å². The van der Waals surface area contributed by atoms with Crippen LogP contribution in [0.1, 0.15) is 81.9 Å². The molecule has 2 saturated carbocycles. The summed E-state index contributed by atoms with van der Waals surface area (Å²) in [5.74, 6) is 2.03. The van der Waals surface area contributed by atoms with Gasteiger partial charge in [-0.3, -0.25) is 4.79 Å². The molecule has 4 rings (SSSR count). The Morgan fingerprint density at radius 2 is 1.81 bits per heavy atom. The summed E-state index contributed by atoms with van der Waals surface area (Å²) in [6.07, 6.45) is 15.4. The number of carbonyl (C=O) groups excluding carboxylic acids is 1. The maximum atomic E-state index is 13.4. The van der Waals surface area contributed by atoms with E-state index in [2.05, 4.69) is 39.9 Å². The van der Waals surface area contributed by atoms with Gasteiger partial charge in [-0.05, 0) is 55.0 Å². The van der Waals surface area contributed by atoms with Crippen LogP contribution >= 0.6 is 0 Å². The van der Waals surface area contributed by atoms with E-state index in [0.29, 0.717) is 11.9 Å². The van der Waals surface area contributed by atoms with Crippen LogP contribution in [-0.2, 0) is 17.9 Å². The van der Waals surface area contributed by atoms with Crippen LogP contribution < -0.4 is 4.74 Å². The van der Waals surface area contributed by atoms with Crippen molar-refractivity contribution in [1.29, 1.82) is 0 Å². The maximum absolute atomic E-state index is 13.4. The van der Waals surface area contributed by atoms with Crippen LogP contribution in [0.4, 0.5) is 0 Å². The van der Waals surface area contributed by atoms with Gasteiger partial charge in [-0.25, -0.2) is 0 Å². The average Bonchev–Trinajstić information content (AvgIpc) is 3.49. The van der Waals surface area contributed by atoms with Crippen LogP contribution in [0.2, 0.25) is 0 Å². The molecule has 168 valence electrons. The molecular weight excluding hydrogens is 384 g/mol. The van der Waals surface area contributed by atoms with E-state index in [9.17, 15) is 4.79 Å². The molecule has 2 aliphatic rings. The lowest BCUT2D eigenvalue weighted by Gasteiger charge is -2.35. The summed E-state index contributed by atoms with van der Waals surface area (Å²) in [6, 6.07) is 12.9. The van der Waals surface area contributed by atoms with Crippen LogP contribution in [0.15, 0.2) is 42.6 Å². The van der Waals surface area contributed by atoms with Crippen molar-refractivity contribution in [2.24, 2.45) is 5.92 Å². The zero-order valence-electron chi connectivity index (χ0n) is 19.1. The van der Waals surface area contributed by atoms with E-state index < -0.39 is 0 Å². The average molecular weight is 423 g/mol. The largest absolute Gasteiger partial charge is 0.497 e. The number of carbonyl (C=O) groups is 1. The topological polar surface area (TPSA) is 34.5 Å². The van der Waals surface area contributed by atoms with Crippen LogP contribution in [-0.4, -0.2) is 28.5 Å². The SMILES string of the molecule is COc1cccc(Cn2cccc2CN(C(=O)CCC2CCCC2)C2CCCCC2)c1. The van der Waals surface area contributed by atoms with Gasteiger partial charge in [-0.1, -0.05) is 57.1 Å². The predicted octanol–water partition coefficient (Wildman–Crippen LogP) is 6.18. The van der Waals surface area contributed by atoms with Gasteiger partial charge in [0.1, 0.15) is 5.75 Å². The maximum Gasteiger partial charge on any atom is 0.223 e. The van der Waals surface area contributed by atoms with Crippen LogP contribution in [0.25, 0.3) is 0 Å². The van der Waals surface area contributed by atoms with Gasteiger partial charge in [0.25, 0.3) is 0 Å². The molecule has 0 N–H and O–H groups in total. The molecule has 4 heteroatoms. The summed E-state index contributed by atoms with van der Waals surface area (Å²) in [6.45, 7) is 1.53. The van der Waals surface area contributed by atoms with Crippen molar-refractivity contribution in [3.8, 4) is 5.75 Å². The lowest BCUT2D eigenvalue weighted by Crippen LogP contribution is -2.41. The lowest BCUT2D eigenvalue weighted by atomic mass is 9.93. The summed E-state index contributed by atoms with van der Waals surface area (Å²) < 4.78 is 7.67. The van der Waals surface area contributed by atoms with E-state index in [4.69, 9.17) is 4.74 Å². The highest BCUT2D eigenvalue weighted by Gasteiger charge is 2.27. The molecule has 0 aliphatic heterocycles. The van der Waals surface area contributed by atoms with Gasteiger partial charge in [0.2, 0.25) is 5.91 Å². The molecule has 1 aromatic carbocycles. The van der Waals surface area contributed by atoms with E-state index in [0.717, 1.165) is 50.4 Å². The van der Waals surface area contributed by atoms with Crippen molar-refractivity contribution >= 4 is 5.91 Å². The minimum absolute atomic E-state index is 0.368. The third-order valence-electron chi connectivity index (χ3n) is 7.32. The summed E-state index contributed by atoms with van der Waals surface area (Å²) >= 11 is 0. The van der Waals surface area contributed by atoms with E-state index in [-0.39, 0.29) is 0 Å². The van der Waals surface area contributed by atoms with Crippen molar-refractivity contribution < 1.29 is 9.53 Å². The molecule has 2 aliphatic carbocycles. The zero-order chi connectivity index (χ0) is 21.5. The normalized spacial score (nSPS) is 17.7. The molecule has 2 aromatic rings. The minimum Gasteiger partial charge on any atom is -0.497 e. The smallest absolute Gasteiger partial charge is 0.223 e. The Balaban J connectivity index is 1.46. The number of hydrogen-bond donors (Lipinski definition) is 0. The number of methoxy groups -OCH3 is 1. The molecule has 0 spiro atoms. The molecule has 1 amide bonds. The Morgan fingerprint density at radius 3 is 2.58 bits per heavy atom. The summed E-state index contributed by atoms with van der Waals surface area (Å²) in [4.78, 5) is 15.6. The second kappa shape index (κ2) is 10.9. The van der Waals surface area contributed by atoms with Crippen molar-refractivity contribution in [2.45, 2.75) is 89.8 Å². The van der Waals surface area contributed by atoms with Crippen molar-refractivity contribution in [2.75, 3.05) is 7.11 Å². The summed E-state index contributed by atoms with van der Waals surface area (Å²) in [7, 11) is 1.71. The first-order valence-corrected chi connectivity index (χ1v) is 12.3. The van der Waals surface area contributed by atoms with Crippen LogP contribution in [0.5, 0.6) is 5.75 Å². The Morgan fingerprint density at radius 1 is 1.03 bits per heavy atom. The van der Waals surface area contributed by atoms with Gasteiger partial charge in [0.05, 0.1) is 13.7 Å². The monoisotopic (exact) mass is 422 g/mol. The molecule has 1 heterocycles. The lowest BCUT2D eigenvalue weighted by molar-refractivity contribution is -0.135. The Bertz CT molecular complexity index is 831. The number of amides is 1. The first-order chi connectivity index (χ1) is 15.2. The molecule has 0 unspecified atom stereocenters. The summed E-state index contributed by atoms with van der Waals surface area (Å²) in [5.41, 5.74) is 2.44. The minimum atomic E-state index is 0.368. The number of rotatable bonds is 9. The third kappa shape index (κ3) is 5.93. The highest BCUT2D eigenvalue weighted by Crippen LogP contribution is 2.30. The summed E-state index contributed by atoms with van der Waals surface area (Å²) in [5, 5.41) is 0. The molecule has 0 radical (unpaired) electrons. The molecule has 2 fully saturated rings. The van der Waals surface area contributed by atoms with Crippen molar-refractivity contribution in [3.05, 3.63) is 53.9 Å². The molecule has 4 nitrogen and oxygen atoms in total. The van der Waals surface area contributed by atoms with Gasteiger partial charge >= 0.3 is 0 Å². The molecule has 0 atom stereocenters. The molecule has 0 saturated heterocycles.